The number of carboxylic acid groups (broad SMARTS) is 1. The SMILES string of the molecule is CCCc1n[nH]c(=S)n1/N=C\c1ccc(C(=O)[O-])cc1. The molecule has 0 spiro atoms. The Balaban J connectivity index is 2.23. The molecular formula is C13H13N4O2S-. The number of nitrogens with zero attached hydrogens (tertiary/aromatic N) is 3. The lowest BCUT2D eigenvalue weighted by molar-refractivity contribution is -0.255. The number of hydrogen-bond donors (Lipinski definition) is 1. The largest absolute Gasteiger partial charge is 0.545 e. The molecule has 7 heteroatoms. The Morgan fingerprint density at radius 3 is 2.80 bits per heavy atom. The summed E-state index contributed by atoms with van der Waals surface area (Å²) in [5.41, 5.74) is 0.897. The van der Waals surface area contributed by atoms with E-state index in [1.54, 1.807) is 23.0 Å². The number of aromatic amines is 1. The number of H-pyrrole nitrogens is 1. The summed E-state index contributed by atoms with van der Waals surface area (Å²) in [6.45, 7) is 2.05. The zero-order valence-corrected chi connectivity index (χ0v) is 11.7. The highest BCUT2D eigenvalue weighted by atomic mass is 32.1. The summed E-state index contributed by atoms with van der Waals surface area (Å²) in [5.74, 6) is -0.434. The Morgan fingerprint density at radius 1 is 1.50 bits per heavy atom. The molecule has 0 fully saturated rings. The number of carbonyl (C=O) groups excluding carboxylic acids is 1. The first kappa shape index (κ1) is 14.1. The monoisotopic (exact) mass is 289 g/mol. The number of aromatic carboxylic acids is 1. The molecule has 2 rings (SSSR count). The first-order chi connectivity index (χ1) is 9.61. The van der Waals surface area contributed by atoms with Gasteiger partial charge in [0, 0.05) is 6.42 Å². The van der Waals surface area contributed by atoms with Gasteiger partial charge in [0.2, 0.25) is 4.77 Å². The Labute approximate surface area is 120 Å². The molecular weight excluding hydrogens is 276 g/mol. The molecule has 1 heterocycles. The van der Waals surface area contributed by atoms with E-state index in [2.05, 4.69) is 15.3 Å². The molecule has 0 saturated heterocycles. The molecule has 1 aromatic heterocycles. The molecule has 0 aliphatic rings. The molecule has 0 bridgehead atoms. The van der Waals surface area contributed by atoms with E-state index >= 15 is 0 Å². The average molecular weight is 289 g/mol. The minimum atomic E-state index is -1.20. The molecule has 0 amide bonds. The van der Waals surface area contributed by atoms with Gasteiger partial charge in [0.15, 0.2) is 5.82 Å². The number of rotatable bonds is 5. The summed E-state index contributed by atoms with van der Waals surface area (Å²) >= 11 is 5.10. The smallest absolute Gasteiger partial charge is 0.216 e. The Hall–Kier alpha value is -2.28. The van der Waals surface area contributed by atoms with Crippen molar-refractivity contribution in [3.05, 3.63) is 46.0 Å². The summed E-state index contributed by atoms with van der Waals surface area (Å²) in [4.78, 5) is 10.6. The molecule has 0 unspecified atom stereocenters. The van der Waals surface area contributed by atoms with Crippen molar-refractivity contribution in [3.63, 3.8) is 0 Å². The van der Waals surface area contributed by atoms with Gasteiger partial charge < -0.3 is 9.90 Å². The maximum absolute atomic E-state index is 10.6. The van der Waals surface area contributed by atoms with E-state index in [-0.39, 0.29) is 5.56 Å². The second-order valence-corrected chi connectivity index (χ2v) is 4.55. The van der Waals surface area contributed by atoms with Crippen LogP contribution in [0.3, 0.4) is 0 Å². The number of aromatic nitrogens is 3. The number of aryl methyl sites for hydroxylation is 1. The molecule has 20 heavy (non-hydrogen) atoms. The van der Waals surface area contributed by atoms with Crippen molar-refractivity contribution in [3.8, 4) is 0 Å². The fraction of sp³-hybridized carbons (Fsp3) is 0.231. The number of nitrogens with one attached hydrogen (secondary N) is 1. The molecule has 1 aromatic carbocycles. The first-order valence-electron chi connectivity index (χ1n) is 6.14. The van der Waals surface area contributed by atoms with E-state index in [1.807, 2.05) is 6.92 Å². The van der Waals surface area contributed by atoms with Crippen LogP contribution in [0.15, 0.2) is 29.4 Å². The molecule has 0 aliphatic carbocycles. The average Bonchev–Trinajstić information content (AvgIpc) is 2.78. The van der Waals surface area contributed by atoms with E-state index in [1.165, 1.54) is 12.1 Å². The van der Waals surface area contributed by atoms with Gasteiger partial charge in [-0.25, -0.2) is 0 Å². The summed E-state index contributed by atoms with van der Waals surface area (Å²) in [6, 6.07) is 6.24. The van der Waals surface area contributed by atoms with Crippen LogP contribution in [0.5, 0.6) is 0 Å². The molecule has 0 aliphatic heterocycles. The van der Waals surface area contributed by atoms with Crippen LogP contribution in [-0.2, 0) is 6.42 Å². The number of hydrogen-bond acceptors (Lipinski definition) is 5. The van der Waals surface area contributed by atoms with Gasteiger partial charge in [-0.05, 0) is 29.8 Å². The van der Waals surface area contributed by atoms with Crippen molar-refractivity contribution in [2.24, 2.45) is 5.10 Å². The van der Waals surface area contributed by atoms with Gasteiger partial charge in [-0.1, -0.05) is 31.2 Å². The summed E-state index contributed by atoms with van der Waals surface area (Å²) in [6.07, 6.45) is 3.31. The zero-order valence-electron chi connectivity index (χ0n) is 10.9. The van der Waals surface area contributed by atoms with Crippen LogP contribution in [0, 0.1) is 4.77 Å². The van der Waals surface area contributed by atoms with Gasteiger partial charge in [-0.15, -0.1) is 0 Å². The summed E-state index contributed by atoms with van der Waals surface area (Å²) < 4.78 is 1.99. The van der Waals surface area contributed by atoms with E-state index in [0.29, 0.717) is 4.77 Å². The summed E-state index contributed by atoms with van der Waals surface area (Å²) in [5, 5.41) is 21.7. The third-order valence-corrected chi connectivity index (χ3v) is 2.92. The highest BCUT2D eigenvalue weighted by Gasteiger charge is 2.02. The van der Waals surface area contributed by atoms with E-state index < -0.39 is 5.97 Å². The predicted molar refractivity (Wildman–Crippen MR) is 75.2 cm³/mol. The number of carboxylic acids is 1. The van der Waals surface area contributed by atoms with Crippen LogP contribution in [0.1, 0.15) is 35.1 Å². The number of carbonyl (C=O) groups is 1. The van der Waals surface area contributed by atoms with Crippen molar-refractivity contribution >= 4 is 24.4 Å². The van der Waals surface area contributed by atoms with Gasteiger partial charge >= 0.3 is 0 Å². The van der Waals surface area contributed by atoms with E-state index in [9.17, 15) is 9.90 Å². The Morgan fingerprint density at radius 2 is 2.20 bits per heavy atom. The van der Waals surface area contributed by atoms with Crippen molar-refractivity contribution in [1.82, 2.24) is 14.9 Å². The Bertz CT molecular complexity index is 685. The lowest BCUT2D eigenvalue weighted by Crippen LogP contribution is -2.21. The minimum absolute atomic E-state index is 0.133. The number of benzene rings is 1. The third-order valence-electron chi connectivity index (χ3n) is 2.66. The second kappa shape index (κ2) is 6.25. The minimum Gasteiger partial charge on any atom is -0.545 e. The maximum Gasteiger partial charge on any atom is 0.216 e. The van der Waals surface area contributed by atoms with Gasteiger partial charge in [0.05, 0.1) is 12.2 Å². The molecule has 104 valence electrons. The topological polar surface area (TPSA) is 86.1 Å². The first-order valence-corrected chi connectivity index (χ1v) is 6.54. The Kier molecular flexibility index (Phi) is 4.41. The maximum atomic E-state index is 10.6. The van der Waals surface area contributed by atoms with Crippen molar-refractivity contribution in [1.29, 1.82) is 0 Å². The van der Waals surface area contributed by atoms with Crippen LogP contribution >= 0.6 is 12.2 Å². The highest BCUT2D eigenvalue weighted by molar-refractivity contribution is 7.71. The van der Waals surface area contributed by atoms with Gasteiger partial charge in [0.25, 0.3) is 0 Å². The van der Waals surface area contributed by atoms with Crippen molar-refractivity contribution in [2.75, 3.05) is 0 Å². The zero-order chi connectivity index (χ0) is 14.5. The van der Waals surface area contributed by atoms with Crippen LogP contribution in [-0.4, -0.2) is 27.1 Å². The predicted octanol–water partition coefficient (Wildman–Crippen LogP) is 1.14. The van der Waals surface area contributed by atoms with Crippen molar-refractivity contribution in [2.45, 2.75) is 19.8 Å². The molecule has 0 saturated carbocycles. The van der Waals surface area contributed by atoms with E-state index in [0.717, 1.165) is 24.2 Å². The van der Waals surface area contributed by atoms with Crippen LogP contribution in [0.2, 0.25) is 0 Å². The van der Waals surface area contributed by atoms with Crippen LogP contribution in [0.4, 0.5) is 0 Å². The fourth-order valence-electron chi connectivity index (χ4n) is 1.66. The lowest BCUT2D eigenvalue weighted by atomic mass is 10.1. The summed E-state index contributed by atoms with van der Waals surface area (Å²) in [7, 11) is 0. The lowest BCUT2D eigenvalue weighted by Gasteiger charge is -2.02. The standard InChI is InChI=1S/C13H14N4O2S/c1-2-3-11-15-16-13(20)17(11)14-8-9-4-6-10(7-5-9)12(18)19/h4-8H,2-3H2,1H3,(H,16,20)(H,18,19)/p-1/b14-8-. The molecule has 2 aromatic rings. The molecule has 6 nitrogen and oxygen atoms in total. The van der Waals surface area contributed by atoms with Gasteiger partial charge in [0.1, 0.15) is 0 Å². The van der Waals surface area contributed by atoms with Crippen molar-refractivity contribution < 1.29 is 9.90 Å². The molecule has 0 atom stereocenters. The van der Waals surface area contributed by atoms with Crippen LogP contribution in [0.25, 0.3) is 0 Å². The van der Waals surface area contributed by atoms with Crippen LogP contribution < -0.4 is 5.11 Å². The fourth-order valence-corrected chi connectivity index (χ4v) is 1.86. The van der Waals surface area contributed by atoms with E-state index in [4.69, 9.17) is 12.2 Å². The molecule has 1 N–H and O–H groups in total. The van der Waals surface area contributed by atoms with Gasteiger partial charge in [-0.3, -0.25) is 5.10 Å². The normalized spacial score (nSPS) is 11.1. The molecule has 0 radical (unpaired) electrons. The highest BCUT2D eigenvalue weighted by Crippen LogP contribution is 2.04. The van der Waals surface area contributed by atoms with Gasteiger partial charge in [-0.2, -0.15) is 14.9 Å². The quantitative estimate of drug-likeness (QED) is 0.660. The second-order valence-electron chi connectivity index (χ2n) is 4.16. The third kappa shape index (κ3) is 3.18.